The summed E-state index contributed by atoms with van der Waals surface area (Å²) in [6.45, 7) is 10.2. The molecular weight excluding hydrogens is 204 g/mol. The van der Waals surface area contributed by atoms with Gasteiger partial charge in [0.05, 0.1) is 0 Å². The first-order valence-corrected chi connectivity index (χ1v) is 5.85. The summed E-state index contributed by atoms with van der Waals surface area (Å²) in [6.07, 6.45) is 3.07. The van der Waals surface area contributed by atoms with E-state index in [-0.39, 0.29) is 0 Å². The van der Waals surface area contributed by atoms with E-state index in [9.17, 15) is 0 Å². The Kier molecular flexibility index (Phi) is 4.41. The van der Waals surface area contributed by atoms with Crippen molar-refractivity contribution < 1.29 is 0 Å². The minimum Gasteiger partial charge on any atom is -0.100 e. The molecule has 1 aromatic rings. The largest absolute Gasteiger partial charge is 0.100 e. The Morgan fingerprint density at radius 2 is 1.93 bits per heavy atom. The Labute approximate surface area is 98.0 Å². The van der Waals surface area contributed by atoms with Crippen molar-refractivity contribution >= 4 is 11.6 Å². The Morgan fingerprint density at radius 3 is 2.47 bits per heavy atom. The highest BCUT2D eigenvalue weighted by Gasteiger charge is 2.06. The summed E-state index contributed by atoms with van der Waals surface area (Å²) >= 11 is 6.33. The molecule has 0 fully saturated rings. The van der Waals surface area contributed by atoms with Crippen molar-refractivity contribution in [3.8, 4) is 0 Å². The van der Waals surface area contributed by atoms with Gasteiger partial charge in [0.15, 0.2) is 0 Å². The van der Waals surface area contributed by atoms with Crippen LogP contribution in [0.5, 0.6) is 0 Å². The first-order valence-electron chi connectivity index (χ1n) is 5.47. The van der Waals surface area contributed by atoms with Gasteiger partial charge < -0.3 is 0 Å². The molecule has 0 amide bonds. The smallest absolute Gasteiger partial charge is 0.0470 e. The third-order valence-corrected chi connectivity index (χ3v) is 3.31. The summed E-state index contributed by atoms with van der Waals surface area (Å²) in [4.78, 5) is 0. The molecule has 0 N–H and O–H groups in total. The molecule has 0 radical (unpaired) electrons. The van der Waals surface area contributed by atoms with Crippen LogP contribution in [-0.4, -0.2) is 0 Å². The van der Waals surface area contributed by atoms with Gasteiger partial charge in [0.2, 0.25) is 0 Å². The fourth-order valence-corrected chi connectivity index (χ4v) is 1.98. The lowest BCUT2D eigenvalue weighted by molar-refractivity contribution is 0.940. The normalized spacial score (nSPS) is 10.4. The number of halogens is 1. The van der Waals surface area contributed by atoms with Crippen LogP contribution >= 0.6 is 11.6 Å². The molecule has 0 saturated carbocycles. The van der Waals surface area contributed by atoms with E-state index in [1.54, 1.807) is 0 Å². The van der Waals surface area contributed by atoms with E-state index in [1.807, 2.05) is 0 Å². The maximum atomic E-state index is 6.33. The van der Waals surface area contributed by atoms with Crippen molar-refractivity contribution in [3.63, 3.8) is 0 Å². The van der Waals surface area contributed by atoms with Crippen molar-refractivity contribution in [2.75, 3.05) is 0 Å². The summed E-state index contributed by atoms with van der Waals surface area (Å²) in [5.41, 5.74) is 5.04. The average molecular weight is 223 g/mol. The van der Waals surface area contributed by atoms with Crippen LogP contribution in [0.3, 0.4) is 0 Å². The monoisotopic (exact) mass is 222 g/mol. The highest BCUT2D eigenvalue weighted by molar-refractivity contribution is 6.32. The Bertz CT molecular complexity index is 364. The molecule has 1 aromatic carbocycles. The van der Waals surface area contributed by atoms with E-state index in [4.69, 9.17) is 11.6 Å². The van der Waals surface area contributed by atoms with Crippen molar-refractivity contribution in [2.24, 2.45) is 0 Å². The van der Waals surface area contributed by atoms with E-state index >= 15 is 0 Å². The molecule has 0 atom stereocenters. The average Bonchev–Trinajstić information content (AvgIpc) is 2.20. The molecule has 1 heteroatoms. The van der Waals surface area contributed by atoms with Crippen LogP contribution < -0.4 is 0 Å². The second-order valence-corrected chi connectivity index (χ2v) is 4.51. The number of hydrogen-bond donors (Lipinski definition) is 0. The molecule has 0 spiro atoms. The number of rotatable bonds is 4. The molecule has 0 nitrogen and oxygen atoms in total. The minimum absolute atomic E-state index is 0.940. The zero-order valence-electron chi connectivity index (χ0n) is 9.86. The van der Waals surface area contributed by atoms with Gasteiger partial charge in [-0.3, -0.25) is 0 Å². The molecule has 0 bridgehead atoms. The Balaban J connectivity index is 2.91. The van der Waals surface area contributed by atoms with Crippen molar-refractivity contribution in [3.05, 3.63) is 46.0 Å². The molecule has 0 heterocycles. The van der Waals surface area contributed by atoms with Crippen LogP contribution in [0.1, 0.15) is 37.0 Å². The van der Waals surface area contributed by atoms with Gasteiger partial charge in [-0.05, 0) is 49.8 Å². The van der Waals surface area contributed by atoms with Crippen molar-refractivity contribution in [2.45, 2.75) is 40.0 Å². The quantitative estimate of drug-likeness (QED) is 0.647. The van der Waals surface area contributed by atoms with Crippen LogP contribution in [0.2, 0.25) is 5.02 Å². The third-order valence-electron chi connectivity index (χ3n) is 2.78. The van der Waals surface area contributed by atoms with Gasteiger partial charge in [-0.15, -0.1) is 6.58 Å². The zero-order valence-corrected chi connectivity index (χ0v) is 10.6. The molecule has 0 saturated heterocycles. The van der Waals surface area contributed by atoms with Crippen molar-refractivity contribution in [1.82, 2.24) is 0 Å². The van der Waals surface area contributed by atoms with Gasteiger partial charge in [-0.1, -0.05) is 36.2 Å². The molecule has 0 aliphatic rings. The van der Waals surface area contributed by atoms with Crippen LogP contribution in [0, 0.1) is 6.92 Å². The number of allylic oxidation sites excluding steroid dienone is 1. The van der Waals surface area contributed by atoms with E-state index < -0.39 is 0 Å². The SMILES string of the molecule is C=C(C)CCc1ccc(CC)c(C)c1Cl. The van der Waals surface area contributed by atoms with Gasteiger partial charge in [0.25, 0.3) is 0 Å². The van der Waals surface area contributed by atoms with Gasteiger partial charge in [0, 0.05) is 5.02 Å². The van der Waals surface area contributed by atoms with E-state index in [2.05, 4.69) is 39.5 Å². The highest BCUT2D eigenvalue weighted by Crippen LogP contribution is 2.26. The topological polar surface area (TPSA) is 0 Å². The molecular formula is C14H19Cl. The molecule has 0 unspecified atom stereocenters. The molecule has 0 aliphatic carbocycles. The summed E-state index contributed by atoms with van der Waals surface area (Å²) in [5, 5.41) is 0.940. The fraction of sp³-hybridized carbons (Fsp3) is 0.429. The predicted octanol–water partition coefficient (Wildman–Crippen LogP) is 4.72. The predicted molar refractivity (Wildman–Crippen MR) is 68.7 cm³/mol. The van der Waals surface area contributed by atoms with Gasteiger partial charge in [0.1, 0.15) is 0 Å². The number of benzene rings is 1. The van der Waals surface area contributed by atoms with Crippen LogP contribution in [0.15, 0.2) is 24.3 Å². The first kappa shape index (κ1) is 12.3. The summed E-state index contributed by atoms with van der Waals surface area (Å²) in [5.74, 6) is 0. The summed E-state index contributed by atoms with van der Waals surface area (Å²) < 4.78 is 0. The molecule has 15 heavy (non-hydrogen) atoms. The van der Waals surface area contributed by atoms with Crippen LogP contribution in [0.25, 0.3) is 0 Å². The second kappa shape index (κ2) is 5.37. The van der Waals surface area contributed by atoms with E-state index in [1.165, 1.54) is 22.3 Å². The molecule has 0 aliphatic heterocycles. The van der Waals surface area contributed by atoms with Crippen molar-refractivity contribution in [1.29, 1.82) is 0 Å². The third kappa shape index (κ3) is 3.10. The van der Waals surface area contributed by atoms with Gasteiger partial charge in [-0.25, -0.2) is 0 Å². The fourth-order valence-electron chi connectivity index (χ4n) is 1.71. The number of aryl methyl sites for hydroxylation is 2. The maximum absolute atomic E-state index is 6.33. The first-order chi connectivity index (χ1) is 7.06. The van der Waals surface area contributed by atoms with Crippen LogP contribution in [0.4, 0.5) is 0 Å². The summed E-state index contributed by atoms with van der Waals surface area (Å²) in [6, 6.07) is 4.34. The number of hydrogen-bond acceptors (Lipinski definition) is 0. The Hall–Kier alpha value is -0.750. The van der Waals surface area contributed by atoms with Gasteiger partial charge in [-0.2, -0.15) is 0 Å². The maximum Gasteiger partial charge on any atom is 0.0470 e. The second-order valence-electron chi connectivity index (χ2n) is 4.13. The van der Waals surface area contributed by atoms with E-state index in [0.29, 0.717) is 0 Å². The standard InChI is InChI=1S/C14H19Cl/c1-5-12-8-9-13(7-6-10(2)3)14(15)11(12)4/h8-9H,2,5-7H2,1,3-4H3. The lowest BCUT2D eigenvalue weighted by Crippen LogP contribution is -1.94. The van der Waals surface area contributed by atoms with Crippen LogP contribution in [-0.2, 0) is 12.8 Å². The lowest BCUT2D eigenvalue weighted by atomic mass is 9.99. The molecule has 0 aromatic heterocycles. The molecule has 82 valence electrons. The highest BCUT2D eigenvalue weighted by atomic mass is 35.5. The Morgan fingerprint density at radius 1 is 1.33 bits per heavy atom. The zero-order chi connectivity index (χ0) is 11.4. The molecule has 1 rings (SSSR count). The van der Waals surface area contributed by atoms with E-state index in [0.717, 1.165) is 24.3 Å². The minimum atomic E-state index is 0.940. The lowest BCUT2D eigenvalue weighted by Gasteiger charge is -2.10. The van der Waals surface area contributed by atoms with Gasteiger partial charge >= 0.3 is 0 Å². The summed E-state index contributed by atoms with van der Waals surface area (Å²) in [7, 11) is 0.